The van der Waals surface area contributed by atoms with Crippen LogP contribution in [0, 0.1) is 6.92 Å². The minimum absolute atomic E-state index is 0.295. The Hall–Kier alpha value is -0.780. The van der Waals surface area contributed by atoms with Crippen LogP contribution in [0.4, 0.5) is 0 Å². The van der Waals surface area contributed by atoms with E-state index >= 15 is 0 Å². The third-order valence-electron chi connectivity index (χ3n) is 3.46. The van der Waals surface area contributed by atoms with E-state index in [1.165, 1.54) is 14.9 Å². The summed E-state index contributed by atoms with van der Waals surface area (Å²) in [5, 5.41) is 14.4. The molecule has 0 fully saturated rings. The van der Waals surface area contributed by atoms with Crippen LogP contribution >= 0.6 is 27.3 Å². The van der Waals surface area contributed by atoms with Crippen molar-refractivity contribution in [1.82, 2.24) is 15.5 Å². The van der Waals surface area contributed by atoms with E-state index < -0.39 is 0 Å². The van der Waals surface area contributed by atoms with Crippen molar-refractivity contribution in [3.63, 3.8) is 0 Å². The number of hydrogen-bond acceptors (Lipinski definition) is 4. The van der Waals surface area contributed by atoms with Crippen LogP contribution in [0.5, 0.6) is 0 Å². The van der Waals surface area contributed by atoms with Crippen molar-refractivity contribution in [2.24, 2.45) is 0 Å². The van der Waals surface area contributed by atoms with Crippen molar-refractivity contribution in [2.75, 3.05) is 6.54 Å². The fraction of sp³-hybridized carbons (Fsp3) is 0.500. The Labute approximate surface area is 139 Å². The molecule has 0 spiro atoms. The summed E-state index contributed by atoms with van der Waals surface area (Å²) < 4.78 is 1.20. The molecule has 0 saturated carbocycles. The van der Waals surface area contributed by atoms with Gasteiger partial charge in [-0.15, -0.1) is 11.3 Å². The number of hydrogen-bond donors (Lipinski definition) is 1. The van der Waals surface area contributed by atoms with E-state index in [-0.39, 0.29) is 0 Å². The highest BCUT2D eigenvalue weighted by atomic mass is 79.9. The number of aryl methyl sites for hydroxylation is 2. The summed E-state index contributed by atoms with van der Waals surface area (Å²) in [5.74, 6) is 0. The third kappa shape index (κ3) is 4.34. The molecule has 1 N–H and O–H groups in total. The smallest absolute Gasteiger partial charge is 0.0676 e. The van der Waals surface area contributed by atoms with Crippen LogP contribution in [0.25, 0.3) is 0 Å². The highest BCUT2D eigenvalue weighted by molar-refractivity contribution is 9.10. The number of halogens is 1. The molecule has 1 unspecified atom stereocenters. The van der Waals surface area contributed by atoms with E-state index in [1.54, 1.807) is 11.3 Å². The van der Waals surface area contributed by atoms with Crippen molar-refractivity contribution in [3.05, 3.63) is 43.8 Å². The molecular weight excluding hydrogens is 346 g/mol. The Kier molecular flexibility index (Phi) is 6.33. The molecule has 0 amide bonds. The van der Waals surface area contributed by atoms with E-state index in [2.05, 4.69) is 62.8 Å². The Balaban J connectivity index is 2.31. The SMILES string of the molecule is CCCNC(Cc1sccc1Br)c1cc(C)nnc1CC. The van der Waals surface area contributed by atoms with Crippen LogP contribution in [0.1, 0.15) is 48.1 Å². The zero-order valence-corrected chi connectivity index (χ0v) is 15.2. The summed E-state index contributed by atoms with van der Waals surface area (Å²) in [4.78, 5) is 1.38. The number of thiophene rings is 1. The van der Waals surface area contributed by atoms with Crippen LogP contribution in [-0.2, 0) is 12.8 Å². The van der Waals surface area contributed by atoms with Crippen molar-refractivity contribution >= 4 is 27.3 Å². The molecule has 3 nitrogen and oxygen atoms in total. The van der Waals surface area contributed by atoms with Gasteiger partial charge in [-0.25, -0.2) is 0 Å². The standard InChI is InChI=1S/C16H22BrN3S/c1-4-7-18-15(10-16-13(17)6-8-21-16)12-9-11(3)19-20-14(12)5-2/h6,8-9,15,18H,4-5,7,10H2,1-3H3. The van der Waals surface area contributed by atoms with Gasteiger partial charge < -0.3 is 5.32 Å². The molecule has 0 bridgehead atoms. The molecule has 5 heteroatoms. The van der Waals surface area contributed by atoms with Crippen LogP contribution < -0.4 is 5.32 Å². The van der Waals surface area contributed by atoms with Crippen LogP contribution in [0.15, 0.2) is 22.0 Å². The second-order valence-electron chi connectivity index (χ2n) is 5.14. The molecule has 0 saturated heterocycles. The monoisotopic (exact) mass is 367 g/mol. The van der Waals surface area contributed by atoms with Gasteiger partial charge in [-0.05, 0) is 65.3 Å². The van der Waals surface area contributed by atoms with Crippen molar-refractivity contribution in [3.8, 4) is 0 Å². The first-order valence-electron chi connectivity index (χ1n) is 7.44. The van der Waals surface area contributed by atoms with Crippen LogP contribution in [0.3, 0.4) is 0 Å². The highest BCUT2D eigenvalue weighted by Crippen LogP contribution is 2.29. The lowest BCUT2D eigenvalue weighted by molar-refractivity contribution is 0.523. The van der Waals surface area contributed by atoms with Gasteiger partial charge in [0.25, 0.3) is 0 Å². The summed E-state index contributed by atoms with van der Waals surface area (Å²) in [5.41, 5.74) is 3.37. The lowest BCUT2D eigenvalue weighted by Crippen LogP contribution is -2.25. The van der Waals surface area contributed by atoms with Crippen molar-refractivity contribution < 1.29 is 0 Å². The highest BCUT2D eigenvalue weighted by Gasteiger charge is 2.18. The molecule has 1 atom stereocenters. The number of rotatable bonds is 7. The van der Waals surface area contributed by atoms with Gasteiger partial charge in [0.15, 0.2) is 0 Å². The van der Waals surface area contributed by atoms with E-state index in [4.69, 9.17) is 0 Å². The third-order valence-corrected chi connectivity index (χ3v) is 5.41. The Morgan fingerprint density at radius 3 is 2.76 bits per heavy atom. The van der Waals surface area contributed by atoms with Gasteiger partial charge in [0.1, 0.15) is 0 Å². The minimum Gasteiger partial charge on any atom is -0.310 e. The molecule has 0 aliphatic carbocycles. The summed E-state index contributed by atoms with van der Waals surface area (Å²) >= 11 is 5.44. The summed E-state index contributed by atoms with van der Waals surface area (Å²) in [6, 6.07) is 4.60. The van der Waals surface area contributed by atoms with Gasteiger partial charge >= 0.3 is 0 Å². The molecule has 0 radical (unpaired) electrons. The Morgan fingerprint density at radius 2 is 2.14 bits per heavy atom. The molecule has 21 heavy (non-hydrogen) atoms. The van der Waals surface area contributed by atoms with Gasteiger partial charge in [-0.2, -0.15) is 10.2 Å². The zero-order valence-electron chi connectivity index (χ0n) is 12.8. The second kappa shape index (κ2) is 8.01. The predicted molar refractivity (Wildman–Crippen MR) is 92.9 cm³/mol. The lowest BCUT2D eigenvalue weighted by atomic mass is 9.99. The molecule has 2 rings (SSSR count). The van der Waals surface area contributed by atoms with Gasteiger partial charge in [-0.1, -0.05) is 13.8 Å². The van der Waals surface area contributed by atoms with Gasteiger partial charge in [-0.3, -0.25) is 0 Å². The van der Waals surface area contributed by atoms with E-state index in [0.717, 1.165) is 37.2 Å². The van der Waals surface area contributed by atoms with E-state index in [9.17, 15) is 0 Å². The average molecular weight is 368 g/mol. The maximum atomic E-state index is 4.38. The molecule has 0 aromatic carbocycles. The average Bonchev–Trinajstić information content (AvgIpc) is 2.88. The maximum absolute atomic E-state index is 4.38. The first-order chi connectivity index (χ1) is 10.2. The van der Waals surface area contributed by atoms with Crippen LogP contribution in [-0.4, -0.2) is 16.7 Å². The molecule has 2 aromatic rings. The molecule has 2 aromatic heterocycles. The summed E-state index contributed by atoms with van der Waals surface area (Å²) in [6.07, 6.45) is 3.02. The second-order valence-corrected chi connectivity index (χ2v) is 7.00. The van der Waals surface area contributed by atoms with Gasteiger partial charge in [0, 0.05) is 21.8 Å². The van der Waals surface area contributed by atoms with Crippen LogP contribution in [0.2, 0.25) is 0 Å². The molecule has 0 aliphatic rings. The van der Waals surface area contributed by atoms with E-state index in [1.807, 2.05) is 6.92 Å². The fourth-order valence-electron chi connectivity index (χ4n) is 2.38. The number of nitrogens with one attached hydrogen (secondary N) is 1. The molecule has 0 aliphatic heterocycles. The zero-order chi connectivity index (χ0) is 15.2. The first-order valence-corrected chi connectivity index (χ1v) is 9.11. The van der Waals surface area contributed by atoms with Crippen molar-refractivity contribution in [1.29, 1.82) is 0 Å². The fourth-order valence-corrected chi connectivity index (χ4v) is 3.94. The number of nitrogens with zero attached hydrogens (tertiary/aromatic N) is 2. The van der Waals surface area contributed by atoms with E-state index in [0.29, 0.717) is 6.04 Å². The molecular formula is C16H22BrN3S. The summed E-state index contributed by atoms with van der Waals surface area (Å²) in [7, 11) is 0. The van der Waals surface area contributed by atoms with Gasteiger partial charge in [0.05, 0.1) is 11.4 Å². The number of aromatic nitrogens is 2. The first kappa shape index (κ1) is 16.6. The molecule has 2 heterocycles. The predicted octanol–water partition coefficient (Wildman–Crippen LogP) is 4.45. The Morgan fingerprint density at radius 1 is 1.33 bits per heavy atom. The van der Waals surface area contributed by atoms with Crippen molar-refractivity contribution in [2.45, 2.75) is 46.1 Å². The summed E-state index contributed by atoms with van der Waals surface area (Å²) in [6.45, 7) is 7.36. The Bertz CT molecular complexity index is 583. The lowest BCUT2D eigenvalue weighted by Gasteiger charge is -2.21. The maximum Gasteiger partial charge on any atom is 0.0676 e. The minimum atomic E-state index is 0.295. The quantitative estimate of drug-likeness (QED) is 0.784. The van der Waals surface area contributed by atoms with Gasteiger partial charge in [0.2, 0.25) is 0 Å². The largest absolute Gasteiger partial charge is 0.310 e. The molecule has 114 valence electrons. The topological polar surface area (TPSA) is 37.8 Å². The normalized spacial score (nSPS) is 12.6.